The lowest BCUT2D eigenvalue weighted by molar-refractivity contribution is 0.0957. The molecule has 0 aromatic carbocycles. The van der Waals surface area contributed by atoms with Crippen LogP contribution in [0.1, 0.15) is 58.6 Å². The van der Waals surface area contributed by atoms with E-state index < -0.39 is 5.91 Å². The Morgan fingerprint density at radius 2 is 1.90 bits per heavy atom. The second-order valence-electron chi connectivity index (χ2n) is 5.46. The minimum Gasteiger partial charge on any atom is -0.366 e. The van der Waals surface area contributed by atoms with E-state index in [9.17, 15) is 9.59 Å². The molecule has 1 aromatic heterocycles. The van der Waals surface area contributed by atoms with Crippen LogP contribution in [-0.2, 0) is 0 Å². The highest BCUT2D eigenvalue weighted by atomic mass is 32.1. The van der Waals surface area contributed by atoms with Crippen LogP contribution in [0.5, 0.6) is 0 Å². The normalized spacial score (nSPS) is 16.4. The Labute approximate surface area is 129 Å². The van der Waals surface area contributed by atoms with Gasteiger partial charge in [0.15, 0.2) is 0 Å². The number of amides is 2. The first-order chi connectivity index (χ1) is 10.2. The molecule has 1 fully saturated rings. The van der Waals surface area contributed by atoms with Gasteiger partial charge in [-0.05, 0) is 18.9 Å². The Morgan fingerprint density at radius 1 is 1.19 bits per heavy atom. The third-order valence-corrected chi connectivity index (χ3v) is 4.74. The van der Waals surface area contributed by atoms with E-state index in [2.05, 4.69) is 10.6 Å². The number of hydrogen-bond acceptors (Lipinski definition) is 4. The summed E-state index contributed by atoms with van der Waals surface area (Å²) in [6.07, 6.45) is 7.76. The molecule has 1 heterocycles. The van der Waals surface area contributed by atoms with Crippen LogP contribution in [0, 0.1) is 0 Å². The highest BCUT2D eigenvalue weighted by molar-refractivity contribution is 7.12. The molecule has 1 saturated carbocycles. The maximum Gasteiger partial charge on any atom is 0.261 e. The number of hydrogen-bond donors (Lipinski definition) is 3. The number of thiophene rings is 1. The van der Waals surface area contributed by atoms with E-state index in [1.54, 1.807) is 11.4 Å². The van der Waals surface area contributed by atoms with E-state index in [0.717, 1.165) is 6.54 Å². The molecule has 2 rings (SSSR count). The number of nitrogens with two attached hydrogens (primary N) is 1. The van der Waals surface area contributed by atoms with Crippen LogP contribution in [0.2, 0.25) is 0 Å². The molecule has 0 aliphatic heterocycles. The van der Waals surface area contributed by atoms with Crippen molar-refractivity contribution in [3.05, 3.63) is 21.9 Å². The Bertz CT molecular complexity index is 479. The maximum absolute atomic E-state index is 11.9. The standard InChI is InChI=1S/C15H23N3O2S/c16-14(19)11-9-13(21-10-11)15(20)18-8-7-17-12-5-3-1-2-4-6-12/h9-10,12,17H,1-8H2,(H2,16,19)(H,18,20). The fourth-order valence-electron chi connectivity index (χ4n) is 2.61. The molecule has 21 heavy (non-hydrogen) atoms. The van der Waals surface area contributed by atoms with Gasteiger partial charge in [-0.25, -0.2) is 0 Å². The summed E-state index contributed by atoms with van der Waals surface area (Å²) in [5, 5.41) is 7.98. The molecule has 0 atom stereocenters. The minimum absolute atomic E-state index is 0.143. The molecule has 0 bridgehead atoms. The Hall–Kier alpha value is -1.40. The molecule has 0 radical (unpaired) electrons. The Morgan fingerprint density at radius 3 is 2.52 bits per heavy atom. The quantitative estimate of drug-likeness (QED) is 0.554. The average Bonchev–Trinajstić information content (AvgIpc) is 2.82. The molecule has 116 valence electrons. The predicted octanol–water partition coefficient (Wildman–Crippen LogP) is 1.89. The summed E-state index contributed by atoms with van der Waals surface area (Å²) >= 11 is 1.24. The van der Waals surface area contributed by atoms with Crippen LogP contribution in [0.3, 0.4) is 0 Å². The van der Waals surface area contributed by atoms with Crippen molar-refractivity contribution in [1.82, 2.24) is 10.6 Å². The zero-order chi connectivity index (χ0) is 15.1. The van der Waals surface area contributed by atoms with E-state index in [-0.39, 0.29) is 5.91 Å². The molecule has 2 amide bonds. The van der Waals surface area contributed by atoms with Crippen LogP contribution in [0.25, 0.3) is 0 Å². The van der Waals surface area contributed by atoms with E-state index in [1.165, 1.54) is 49.9 Å². The Kier molecular flexibility index (Phi) is 6.20. The molecule has 1 aromatic rings. The van der Waals surface area contributed by atoms with Crippen LogP contribution in [0.15, 0.2) is 11.4 Å². The van der Waals surface area contributed by atoms with Crippen LogP contribution in [0.4, 0.5) is 0 Å². The molecule has 0 spiro atoms. The monoisotopic (exact) mass is 309 g/mol. The molecule has 6 heteroatoms. The Balaban J connectivity index is 1.67. The van der Waals surface area contributed by atoms with Crippen molar-refractivity contribution in [3.8, 4) is 0 Å². The smallest absolute Gasteiger partial charge is 0.261 e. The van der Waals surface area contributed by atoms with E-state index >= 15 is 0 Å². The fraction of sp³-hybridized carbons (Fsp3) is 0.600. The summed E-state index contributed by atoms with van der Waals surface area (Å²) in [5.41, 5.74) is 5.56. The second-order valence-corrected chi connectivity index (χ2v) is 6.37. The lowest BCUT2D eigenvalue weighted by atomic mass is 10.1. The molecule has 5 nitrogen and oxygen atoms in total. The van der Waals surface area contributed by atoms with Gasteiger partial charge in [-0.1, -0.05) is 25.7 Å². The van der Waals surface area contributed by atoms with Crippen molar-refractivity contribution in [2.75, 3.05) is 13.1 Å². The third-order valence-electron chi connectivity index (χ3n) is 3.81. The van der Waals surface area contributed by atoms with Gasteiger partial charge in [0.05, 0.1) is 10.4 Å². The van der Waals surface area contributed by atoms with Gasteiger partial charge in [0.2, 0.25) is 5.91 Å². The summed E-state index contributed by atoms with van der Waals surface area (Å²) in [6, 6.07) is 2.13. The van der Waals surface area contributed by atoms with Gasteiger partial charge in [0, 0.05) is 24.5 Å². The zero-order valence-electron chi connectivity index (χ0n) is 12.2. The lowest BCUT2D eigenvalue weighted by Crippen LogP contribution is -2.36. The topological polar surface area (TPSA) is 84.2 Å². The highest BCUT2D eigenvalue weighted by Crippen LogP contribution is 2.17. The van der Waals surface area contributed by atoms with Crippen molar-refractivity contribution >= 4 is 23.2 Å². The molecular formula is C15H23N3O2S. The van der Waals surface area contributed by atoms with Gasteiger partial charge in [-0.2, -0.15) is 0 Å². The van der Waals surface area contributed by atoms with Crippen molar-refractivity contribution in [3.63, 3.8) is 0 Å². The first-order valence-electron chi connectivity index (χ1n) is 7.57. The zero-order valence-corrected chi connectivity index (χ0v) is 13.0. The van der Waals surface area contributed by atoms with Gasteiger partial charge in [-0.3, -0.25) is 9.59 Å². The molecule has 0 saturated heterocycles. The predicted molar refractivity (Wildman–Crippen MR) is 84.7 cm³/mol. The average molecular weight is 309 g/mol. The summed E-state index contributed by atoms with van der Waals surface area (Å²) in [7, 11) is 0. The summed E-state index contributed by atoms with van der Waals surface area (Å²) < 4.78 is 0. The maximum atomic E-state index is 11.9. The number of carbonyl (C=O) groups is 2. The van der Waals surface area contributed by atoms with Gasteiger partial charge >= 0.3 is 0 Å². The van der Waals surface area contributed by atoms with Crippen LogP contribution >= 0.6 is 11.3 Å². The molecule has 4 N–H and O–H groups in total. The second kappa shape index (κ2) is 8.14. The van der Waals surface area contributed by atoms with Crippen LogP contribution in [-0.4, -0.2) is 30.9 Å². The minimum atomic E-state index is -0.500. The fourth-order valence-corrected chi connectivity index (χ4v) is 3.42. The summed E-state index contributed by atoms with van der Waals surface area (Å²) in [5.74, 6) is -0.643. The SMILES string of the molecule is NC(=O)c1csc(C(=O)NCCNC2CCCCCC2)c1. The number of carbonyl (C=O) groups excluding carboxylic acids is 2. The van der Waals surface area contributed by atoms with Crippen molar-refractivity contribution < 1.29 is 9.59 Å². The van der Waals surface area contributed by atoms with E-state index in [1.807, 2.05) is 0 Å². The van der Waals surface area contributed by atoms with Crippen molar-refractivity contribution in [2.24, 2.45) is 5.73 Å². The lowest BCUT2D eigenvalue weighted by Gasteiger charge is -2.16. The molecular weight excluding hydrogens is 286 g/mol. The summed E-state index contributed by atoms with van der Waals surface area (Å²) in [4.78, 5) is 23.4. The van der Waals surface area contributed by atoms with E-state index in [0.29, 0.717) is 23.0 Å². The highest BCUT2D eigenvalue weighted by Gasteiger charge is 2.13. The van der Waals surface area contributed by atoms with Gasteiger partial charge < -0.3 is 16.4 Å². The first-order valence-corrected chi connectivity index (χ1v) is 8.44. The molecule has 0 unspecified atom stereocenters. The number of nitrogens with one attached hydrogen (secondary N) is 2. The van der Waals surface area contributed by atoms with Gasteiger partial charge in [0.25, 0.3) is 5.91 Å². The van der Waals surface area contributed by atoms with E-state index in [4.69, 9.17) is 5.73 Å². The molecule has 1 aliphatic rings. The van der Waals surface area contributed by atoms with Gasteiger partial charge in [0.1, 0.15) is 0 Å². The molecule has 1 aliphatic carbocycles. The van der Waals surface area contributed by atoms with Crippen molar-refractivity contribution in [1.29, 1.82) is 0 Å². The first kappa shape index (κ1) is 16.0. The third kappa shape index (κ3) is 5.13. The van der Waals surface area contributed by atoms with Crippen molar-refractivity contribution in [2.45, 2.75) is 44.6 Å². The van der Waals surface area contributed by atoms with Gasteiger partial charge in [-0.15, -0.1) is 11.3 Å². The largest absolute Gasteiger partial charge is 0.366 e. The number of rotatable bonds is 6. The summed E-state index contributed by atoms with van der Waals surface area (Å²) in [6.45, 7) is 1.38. The number of primary amides is 1. The van der Waals surface area contributed by atoms with Crippen LogP contribution < -0.4 is 16.4 Å².